The van der Waals surface area contributed by atoms with E-state index in [1.807, 2.05) is 0 Å². The number of carbonyl (C=O) groups is 3. The molecule has 104 valence electrons. The lowest BCUT2D eigenvalue weighted by atomic mass is 10.2. The summed E-state index contributed by atoms with van der Waals surface area (Å²) in [4.78, 5) is 32.7. The van der Waals surface area contributed by atoms with Gasteiger partial charge >= 0.3 is 5.97 Å². The Hall–Kier alpha value is -1.01. The van der Waals surface area contributed by atoms with Crippen molar-refractivity contribution in [2.45, 2.75) is 25.7 Å². The number of unbranched alkanes of at least 4 members (excludes halogenated alkanes) is 2. The molecule has 0 aromatic carbocycles. The van der Waals surface area contributed by atoms with Gasteiger partial charge in [-0.1, -0.05) is 6.42 Å². The van der Waals surface area contributed by atoms with Crippen LogP contribution in [-0.2, 0) is 14.4 Å². The highest BCUT2D eigenvalue weighted by molar-refractivity contribution is 6.28. The van der Waals surface area contributed by atoms with Crippen LogP contribution in [0.2, 0.25) is 0 Å². The number of carboxylic acid groups (broad SMARTS) is 1. The maximum Gasteiger partial charge on any atom is 0.303 e. The molecule has 0 saturated heterocycles. The summed E-state index contributed by atoms with van der Waals surface area (Å²) in [5.74, 6) is -2.24. The van der Waals surface area contributed by atoms with Crippen molar-refractivity contribution in [1.82, 2.24) is 10.4 Å². The predicted octanol–water partition coefficient (Wildman–Crippen LogP) is 0.969. The van der Waals surface area contributed by atoms with Crippen molar-refractivity contribution >= 4 is 41.0 Å². The van der Waals surface area contributed by atoms with Gasteiger partial charge in [-0.25, -0.2) is 0 Å². The van der Waals surface area contributed by atoms with Crippen molar-refractivity contribution in [2.24, 2.45) is 0 Å². The third-order valence-electron chi connectivity index (χ3n) is 2.07. The largest absolute Gasteiger partial charge is 0.481 e. The zero-order valence-electron chi connectivity index (χ0n) is 9.82. The van der Waals surface area contributed by atoms with Gasteiger partial charge in [0.1, 0.15) is 11.8 Å². The van der Waals surface area contributed by atoms with E-state index in [2.05, 4.69) is 5.43 Å². The molecule has 0 fully saturated rings. The summed E-state index contributed by atoms with van der Waals surface area (Å²) in [6.07, 6.45) is 1.85. The van der Waals surface area contributed by atoms with Gasteiger partial charge in [0.05, 0.1) is 0 Å². The van der Waals surface area contributed by atoms with Gasteiger partial charge < -0.3 is 5.11 Å². The minimum Gasteiger partial charge on any atom is -0.481 e. The molecule has 6 nitrogen and oxygen atoms in total. The van der Waals surface area contributed by atoms with E-state index >= 15 is 0 Å². The van der Waals surface area contributed by atoms with E-state index in [-0.39, 0.29) is 24.7 Å². The first-order valence-corrected chi connectivity index (χ1v) is 6.51. The zero-order chi connectivity index (χ0) is 14.0. The Labute approximate surface area is 115 Å². The summed E-state index contributed by atoms with van der Waals surface area (Å²) in [6.45, 7) is 0.286. The van der Waals surface area contributed by atoms with Crippen LogP contribution < -0.4 is 5.43 Å². The predicted molar refractivity (Wildman–Crippen MR) is 67.4 cm³/mol. The molecule has 0 saturated carbocycles. The molecular weight excluding hydrogens is 283 g/mol. The molecule has 0 aliphatic rings. The molecule has 0 aliphatic heterocycles. The van der Waals surface area contributed by atoms with Crippen LogP contribution in [0.4, 0.5) is 0 Å². The van der Waals surface area contributed by atoms with Crippen LogP contribution in [-0.4, -0.2) is 46.2 Å². The van der Waals surface area contributed by atoms with Crippen LogP contribution in [0.15, 0.2) is 0 Å². The molecule has 0 bridgehead atoms. The molecule has 0 heterocycles. The van der Waals surface area contributed by atoms with Crippen molar-refractivity contribution in [3.8, 4) is 0 Å². The van der Waals surface area contributed by atoms with Gasteiger partial charge in [0, 0.05) is 13.0 Å². The Morgan fingerprint density at radius 1 is 1.06 bits per heavy atom. The third kappa shape index (κ3) is 8.14. The van der Waals surface area contributed by atoms with E-state index in [4.69, 9.17) is 28.3 Å². The molecule has 0 unspecified atom stereocenters. The number of amides is 2. The SMILES string of the molecule is O=C(O)CCCCCN(NC(=O)CCl)C(=O)CCl. The first-order chi connectivity index (χ1) is 8.51. The Bertz CT molecular complexity index is 300. The van der Waals surface area contributed by atoms with Gasteiger partial charge in [-0.15, -0.1) is 23.2 Å². The lowest BCUT2D eigenvalue weighted by molar-refractivity contribution is -0.138. The van der Waals surface area contributed by atoms with Gasteiger partial charge in [-0.05, 0) is 12.8 Å². The molecule has 8 heteroatoms. The van der Waals surface area contributed by atoms with E-state index in [0.717, 1.165) is 5.01 Å². The average Bonchev–Trinajstić information content (AvgIpc) is 2.35. The molecular formula is C10H16Cl2N2O4. The number of nitrogens with zero attached hydrogens (tertiary/aromatic N) is 1. The van der Waals surface area contributed by atoms with Crippen molar-refractivity contribution in [1.29, 1.82) is 0 Å². The number of hydrogen-bond donors (Lipinski definition) is 2. The van der Waals surface area contributed by atoms with Gasteiger partial charge in [-0.2, -0.15) is 0 Å². The number of rotatable bonds is 8. The molecule has 0 spiro atoms. The fraction of sp³-hybridized carbons (Fsp3) is 0.700. The third-order valence-corrected chi connectivity index (χ3v) is 2.54. The standard InChI is InChI=1S/C10H16Cl2N2O4/c11-6-8(15)13-14(9(16)7-12)5-3-1-2-4-10(17)18/h1-7H2,(H,13,15)(H,17,18). The minimum atomic E-state index is -0.848. The molecule has 0 atom stereocenters. The number of alkyl halides is 2. The smallest absolute Gasteiger partial charge is 0.303 e. The van der Waals surface area contributed by atoms with Crippen molar-refractivity contribution < 1.29 is 19.5 Å². The maximum atomic E-state index is 11.4. The number of hydrogen-bond acceptors (Lipinski definition) is 3. The summed E-state index contributed by atoms with van der Waals surface area (Å²) in [7, 11) is 0. The monoisotopic (exact) mass is 298 g/mol. The van der Waals surface area contributed by atoms with E-state index in [0.29, 0.717) is 19.3 Å². The van der Waals surface area contributed by atoms with Crippen LogP contribution >= 0.6 is 23.2 Å². The topological polar surface area (TPSA) is 86.7 Å². The molecule has 2 N–H and O–H groups in total. The molecule has 0 radical (unpaired) electrons. The maximum absolute atomic E-state index is 11.4. The zero-order valence-corrected chi connectivity index (χ0v) is 11.3. The second-order valence-corrected chi connectivity index (χ2v) is 4.09. The van der Waals surface area contributed by atoms with Crippen LogP contribution in [0.25, 0.3) is 0 Å². The van der Waals surface area contributed by atoms with Crippen LogP contribution in [0.5, 0.6) is 0 Å². The fourth-order valence-electron chi connectivity index (χ4n) is 1.22. The van der Waals surface area contributed by atoms with Gasteiger partial charge in [0.15, 0.2) is 0 Å². The lowest BCUT2D eigenvalue weighted by Gasteiger charge is -2.21. The van der Waals surface area contributed by atoms with Crippen LogP contribution in [0, 0.1) is 0 Å². The van der Waals surface area contributed by atoms with Gasteiger partial charge in [0.25, 0.3) is 11.8 Å². The first-order valence-electron chi connectivity index (χ1n) is 5.44. The summed E-state index contributed by atoms with van der Waals surface area (Å²) < 4.78 is 0. The highest BCUT2D eigenvalue weighted by Crippen LogP contribution is 2.02. The summed E-state index contributed by atoms with van der Waals surface area (Å²) in [5, 5.41) is 9.56. The number of carboxylic acids is 1. The molecule has 2 amide bonds. The summed E-state index contributed by atoms with van der Waals surface area (Å²) in [6, 6.07) is 0. The fourth-order valence-corrected chi connectivity index (χ4v) is 1.42. The lowest BCUT2D eigenvalue weighted by Crippen LogP contribution is -2.47. The second kappa shape index (κ2) is 9.96. The quantitative estimate of drug-likeness (QED) is 0.397. The average molecular weight is 299 g/mol. The molecule has 0 aliphatic carbocycles. The Kier molecular flexibility index (Phi) is 9.40. The molecule has 0 aromatic rings. The van der Waals surface area contributed by atoms with Crippen LogP contribution in [0.3, 0.4) is 0 Å². The van der Waals surface area contributed by atoms with E-state index in [1.54, 1.807) is 0 Å². The van der Waals surface area contributed by atoms with Gasteiger partial charge in [0.2, 0.25) is 0 Å². The van der Waals surface area contributed by atoms with E-state index in [9.17, 15) is 14.4 Å². The number of halogens is 2. The number of nitrogens with one attached hydrogen (secondary N) is 1. The van der Waals surface area contributed by atoms with Crippen LogP contribution in [0.1, 0.15) is 25.7 Å². The summed E-state index contributed by atoms with van der Waals surface area (Å²) in [5.41, 5.74) is 2.33. The second-order valence-electron chi connectivity index (χ2n) is 3.55. The number of hydrazine groups is 1. The summed E-state index contributed by atoms with van der Waals surface area (Å²) >= 11 is 10.7. The number of carbonyl (C=O) groups excluding carboxylic acids is 2. The molecule has 18 heavy (non-hydrogen) atoms. The Balaban J connectivity index is 3.97. The number of aliphatic carboxylic acids is 1. The Morgan fingerprint density at radius 2 is 1.72 bits per heavy atom. The van der Waals surface area contributed by atoms with Crippen molar-refractivity contribution in [2.75, 3.05) is 18.3 Å². The normalized spacial score (nSPS) is 9.89. The van der Waals surface area contributed by atoms with E-state index in [1.165, 1.54) is 0 Å². The van der Waals surface area contributed by atoms with Gasteiger partial charge in [-0.3, -0.25) is 24.8 Å². The highest BCUT2D eigenvalue weighted by Gasteiger charge is 2.14. The minimum absolute atomic E-state index is 0.0947. The highest BCUT2D eigenvalue weighted by atomic mass is 35.5. The Morgan fingerprint density at radius 3 is 2.22 bits per heavy atom. The van der Waals surface area contributed by atoms with E-state index < -0.39 is 17.8 Å². The van der Waals surface area contributed by atoms with Crippen molar-refractivity contribution in [3.05, 3.63) is 0 Å². The molecule has 0 rings (SSSR count). The molecule has 0 aromatic heterocycles. The first kappa shape index (κ1) is 17.0. The van der Waals surface area contributed by atoms with Crippen molar-refractivity contribution in [3.63, 3.8) is 0 Å².